The summed E-state index contributed by atoms with van der Waals surface area (Å²) < 4.78 is 1.47. The standard InChI is InChI=1S/C13H14N4O/c1-3-9-8(2)16-17(12(9)18)13-14-10-6-4-5-7-11(10)15-13/h4-7,16H,3H2,1-2H3,(H,14,15). The maximum absolute atomic E-state index is 12.2. The van der Waals surface area contributed by atoms with Gasteiger partial charge in [0.25, 0.3) is 5.56 Å². The van der Waals surface area contributed by atoms with Gasteiger partial charge in [-0.2, -0.15) is 4.68 Å². The summed E-state index contributed by atoms with van der Waals surface area (Å²) in [5.74, 6) is 0.531. The van der Waals surface area contributed by atoms with Crippen molar-refractivity contribution < 1.29 is 0 Å². The van der Waals surface area contributed by atoms with Crippen molar-refractivity contribution in [2.24, 2.45) is 0 Å². The molecule has 18 heavy (non-hydrogen) atoms. The highest BCUT2D eigenvalue weighted by Crippen LogP contribution is 2.12. The first kappa shape index (κ1) is 10.8. The van der Waals surface area contributed by atoms with Gasteiger partial charge in [-0.05, 0) is 25.5 Å². The summed E-state index contributed by atoms with van der Waals surface area (Å²) in [7, 11) is 0. The molecule has 0 saturated carbocycles. The fourth-order valence-corrected chi connectivity index (χ4v) is 2.19. The predicted octanol–water partition coefficient (Wildman–Crippen LogP) is 1.91. The lowest BCUT2D eigenvalue weighted by molar-refractivity contribution is 0.790. The molecule has 1 aromatic carbocycles. The quantitative estimate of drug-likeness (QED) is 0.721. The summed E-state index contributed by atoms with van der Waals surface area (Å²) in [6.45, 7) is 3.87. The largest absolute Gasteiger partial charge is 0.322 e. The molecule has 2 aromatic heterocycles. The molecule has 5 nitrogen and oxygen atoms in total. The SMILES string of the molecule is CCc1c(C)[nH]n(-c2nc3ccccc3[nH]2)c1=O. The third kappa shape index (κ3) is 1.48. The zero-order valence-electron chi connectivity index (χ0n) is 10.3. The molecule has 0 radical (unpaired) electrons. The van der Waals surface area contributed by atoms with Crippen molar-refractivity contribution in [3.05, 3.63) is 45.9 Å². The molecule has 0 aliphatic rings. The summed E-state index contributed by atoms with van der Waals surface area (Å²) >= 11 is 0. The summed E-state index contributed by atoms with van der Waals surface area (Å²) in [6.07, 6.45) is 0.717. The Labute approximate surface area is 103 Å². The average molecular weight is 242 g/mol. The van der Waals surface area contributed by atoms with Gasteiger partial charge in [0.2, 0.25) is 5.95 Å². The predicted molar refractivity (Wildman–Crippen MR) is 70.2 cm³/mol. The maximum Gasteiger partial charge on any atom is 0.277 e. The Morgan fingerprint density at radius 2 is 2.11 bits per heavy atom. The van der Waals surface area contributed by atoms with Gasteiger partial charge in [0.15, 0.2) is 0 Å². The van der Waals surface area contributed by atoms with Crippen LogP contribution in [0.1, 0.15) is 18.2 Å². The summed E-state index contributed by atoms with van der Waals surface area (Å²) in [5, 5.41) is 3.05. The number of benzene rings is 1. The molecule has 3 aromatic rings. The van der Waals surface area contributed by atoms with Gasteiger partial charge in [0.05, 0.1) is 11.0 Å². The highest BCUT2D eigenvalue weighted by atomic mass is 16.1. The van der Waals surface area contributed by atoms with Crippen LogP contribution in [0.3, 0.4) is 0 Å². The van der Waals surface area contributed by atoms with Crippen molar-refractivity contribution in [2.45, 2.75) is 20.3 Å². The normalized spacial score (nSPS) is 11.2. The molecule has 0 amide bonds. The first-order chi connectivity index (χ1) is 8.70. The second-order valence-corrected chi connectivity index (χ2v) is 4.29. The number of aromatic nitrogens is 4. The van der Waals surface area contributed by atoms with Crippen molar-refractivity contribution in [1.82, 2.24) is 19.7 Å². The first-order valence-electron chi connectivity index (χ1n) is 5.96. The molecular weight excluding hydrogens is 228 g/mol. The Bertz CT molecular complexity index is 730. The van der Waals surface area contributed by atoms with E-state index in [9.17, 15) is 4.79 Å². The van der Waals surface area contributed by atoms with E-state index in [0.717, 1.165) is 22.3 Å². The van der Waals surface area contributed by atoms with Crippen molar-refractivity contribution in [1.29, 1.82) is 0 Å². The van der Waals surface area contributed by atoms with E-state index < -0.39 is 0 Å². The first-order valence-corrected chi connectivity index (χ1v) is 5.96. The second-order valence-electron chi connectivity index (χ2n) is 4.29. The average Bonchev–Trinajstić information content (AvgIpc) is 2.90. The van der Waals surface area contributed by atoms with Gasteiger partial charge in [-0.1, -0.05) is 19.1 Å². The number of aromatic amines is 2. The number of nitrogens with one attached hydrogen (secondary N) is 2. The van der Waals surface area contributed by atoms with E-state index in [-0.39, 0.29) is 5.56 Å². The number of H-pyrrole nitrogens is 2. The lowest BCUT2D eigenvalue weighted by Gasteiger charge is -1.93. The number of para-hydroxylation sites is 2. The maximum atomic E-state index is 12.2. The molecule has 0 unspecified atom stereocenters. The van der Waals surface area contributed by atoms with E-state index in [1.54, 1.807) is 0 Å². The van der Waals surface area contributed by atoms with E-state index in [4.69, 9.17) is 0 Å². The Morgan fingerprint density at radius 1 is 1.33 bits per heavy atom. The van der Waals surface area contributed by atoms with Crippen LogP contribution in [0.5, 0.6) is 0 Å². The number of hydrogen-bond acceptors (Lipinski definition) is 2. The van der Waals surface area contributed by atoms with Crippen molar-refractivity contribution in [3.63, 3.8) is 0 Å². The minimum absolute atomic E-state index is 0.0333. The molecule has 92 valence electrons. The molecule has 2 N–H and O–H groups in total. The highest BCUT2D eigenvalue weighted by Gasteiger charge is 2.13. The minimum atomic E-state index is -0.0333. The number of rotatable bonds is 2. The van der Waals surface area contributed by atoms with Gasteiger partial charge in [0, 0.05) is 11.3 Å². The van der Waals surface area contributed by atoms with Crippen LogP contribution < -0.4 is 5.56 Å². The Kier molecular flexibility index (Phi) is 2.33. The topological polar surface area (TPSA) is 66.5 Å². The van der Waals surface area contributed by atoms with Gasteiger partial charge in [-0.25, -0.2) is 4.98 Å². The molecule has 0 spiro atoms. The number of nitrogens with zero attached hydrogens (tertiary/aromatic N) is 2. The van der Waals surface area contributed by atoms with E-state index in [2.05, 4.69) is 15.1 Å². The third-order valence-electron chi connectivity index (χ3n) is 3.14. The summed E-state index contributed by atoms with van der Waals surface area (Å²) in [6, 6.07) is 7.71. The summed E-state index contributed by atoms with van der Waals surface area (Å²) in [5.41, 5.74) is 3.43. The zero-order valence-corrected chi connectivity index (χ0v) is 10.3. The molecule has 0 bridgehead atoms. The molecule has 0 saturated heterocycles. The Balaban J connectivity index is 2.23. The molecule has 3 rings (SSSR count). The van der Waals surface area contributed by atoms with E-state index >= 15 is 0 Å². The monoisotopic (exact) mass is 242 g/mol. The zero-order chi connectivity index (χ0) is 12.7. The van der Waals surface area contributed by atoms with Gasteiger partial charge < -0.3 is 4.98 Å². The van der Waals surface area contributed by atoms with Crippen LogP contribution in [0, 0.1) is 6.92 Å². The van der Waals surface area contributed by atoms with E-state index in [1.807, 2.05) is 38.1 Å². The van der Waals surface area contributed by atoms with Crippen LogP contribution in [0.15, 0.2) is 29.1 Å². The fourth-order valence-electron chi connectivity index (χ4n) is 2.19. The molecule has 0 fully saturated rings. The van der Waals surface area contributed by atoms with Crippen LogP contribution in [0.4, 0.5) is 0 Å². The Morgan fingerprint density at radius 3 is 2.78 bits per heavy atom. The lowest BCUT2D eigenvalue weighted by atomic mass is 10.2. The molecule has 0 atom stereocenters. The van der Waals surface area contributed by atoms with Crippen molar-refractivity contribution in [3.8, 4) is 5.95 Å². The number of hydrogen-bond donors (Lipinski definition) is 2. The second kappa shape index (κ2) is 3.87. The lowest BCUT2D eigenvalue weighted by Crippen LogP contribution is -2.18. The van der Waals surface area contributed by atoms with Crippen LogP contribution >= 0.6 is 0 Å². The molecule has 0 aliphatic heterocycles. The number of fused-ring (bicyclic) bond motifs is 1. The van der Waals surface area contributed by atoms with Gasteiger partial charge >= 0.3 is 0 Å². The molecule has 2 heterocycles. The third-order valence-corrected chi connectivity index (χ3v) is 3.14. The molecular formula is C13H14N4O. The van der Waals surface area contributed by atoms with Crippen LogP contribution in [-0.4, -0.2) is 19.7 Å². The number of imidazole rings is 1. The van der Waals surface area contributed by atoms with Gasteiger partial charge in [-0.15, -0.1) is 0 Å². The van der Waals surface area contributed by atoms with Crippen LogP contribution in [0.25, 0.3) is 17.0 Å². The highest BCUT2D eigenvalue weighted by molar-refractivity contribution is 5.75. The Hall–Kier alpha value is -2.30. The molecule has 0 aliphatic carbocycles. The minimum Gasteiger partial charge on any atom is -0.322 e. The fraction of sp³-hybridized carbons (Fsp3) is 0.231. The summed E-state index contributed by atoms with van der Waals surface area (Å²) in [4.78, 5) is 19.7. The van der Waals surface area contributed by atoms with Crippen molar-refractivity contribution >= 4 is 11.0 Å². The van der Waals surface area contributed by atoms with E-state index in [1.165, 1.54) is 4.68 Å². The van der Waals surface area contributed by atoms with Crippen LogP contribution in [0.2, 0.25) is 0 Å². The van der Waals surface area contributed by atoms with Gasteiger partial charge in [-0.3, -0.25) is 9.89 Å². The van der Waals surface area contributed by atoms with Crippen LogP contribution in [-0.2, 0) is 6.42 Å². The van der Waals surface area contributed by atoms with Gasteiger partial charge in [0.1, 0.15) is 0 Å². The van der Waals surface area contributed by atoms with E-state index in [0.29, 0.717) is 12.4 Å². The smallest absolute Gasteiger partial charge is 0.277 e. The number of aryl methyl sites for hydroxylation is 1. The molecule has 5 heteroatoms. The van der Waals surface area contributed by atoms with Crippen molar-refractivity contribution in [2.75, 3.05) is 0 Å².